The predicted molar refractivity (Wildman–Crippen MR) is 204 cm³/mol. The van der Waals surface area contributed by atoms with Gasteiger partial charge in [-0.3, -0.25) is 9.59 Å². The lowest BCUT2D eigenvalue weighted by Gasteiger charge is -2.36. The third kappa shape index (κ3) is 13.9. The first-order valence-electron chi connectivity index (χ1n) is 18.6. The number of rotatable bonds is 15. The van der Waals surface area contributed by atoms with Crippen LogP contribution in [0.1, 0.15) is 70.6 Å². The smallest absolute Gasteiger partial charge is 0.407 e. The number of piperidine rings is 1. The maximum atomic E-state index is 14.1. The maximum absolute atomic E-state index is 14.1. The van der Waals surface area contributed by atoms with Crippen LogP contribution in [0.25, 0.3) is 0 Å². The summed E-state index contributed by atoms with van der Waals surface area (Å²) in [4.78, 5) is 55.1. The highest BCUT2D eigenvalue weighted by atomic mass is 16.6. The van der Waals surface area contributed by atoms with Crippen LogP contribution in [0.15, 0.2) is 91.0 Å². The zero-order valence-electron chi connectivity index (χ0n) is 31.6. The minimum absolute atomic E-state index is 0.0322. The molecule has 0 radical (unpaired) electrons. The Kier molecular flexibility index (Phi) is 15.3. The van der Waals surface area contributed by atoms with Crippen molar-refractivity contribution < 1.29 is 33.8 Å². The second kappa shape index (κ2) is 19.8. The molecule has 0 bridgehead atoms. The van der Waals surface area contributed by atoms with Crippen molar-refractivity contribution in [3.8, 4) is 0 Å². The molecule has 0 aliphatic carbocycles. The van der Waals surface area contributed by atoms with Gasteiger partial charge in [0.15, 0.2) is 0 Å². The van der Waals surface area contributed by atoms with Gasteiger partial charge in [0.2, 0.25) is 11.8 Å². The molecule has 1 aliphatic heterocycles. The van der Waals surface area contributed by atoms with Gasteiger partial charge in [-0.25, -0.2) is 9.59 Å². The number of carbonyl (C=O) groups excluding carboxylic acids is 4. The molecular formula is C42H56N4O7. The number of aliphatic hydroxyl groups excluding tert-OH is 1. The Hall–Kier alpha value is -4.90. The maximum Gasteiger partial charge on any atom is 0.407 e. The lowest BCUT2D eigenvalue weighted by molar-refractivity contribution is -0.139. The Labute approximate surface area is 313 Å². The molecule has 0 spiro atoms. The Morgan fingerprint density at radius 3 is 1.83 bits per heavy atom. The molecule has 4 amide bonds. The first kappa shape index (κ1) is 40.9. The number of amides is 4. The van der Waals surface area contributed by atoms with Crippen molar-refractivity contribution in [2.24, 2.45) is 11.8 Å². The number of hydrogen-bond acceptors (Lipinski definition) is 7. The van der Waals surface area contributed by atoms with E-state index in [1.807, 2.05) is 105 Å². The summed E-state index contributed by atoms with van der Waals surface area (Å²) in [5.41, 5.74) is 1.98. The van der Waals surface area contributed by atoms with Crippen molar-refractivity contribution >= 4 is 24.0 Å². The first-order chi connectivity index (χ1) is 25.3. The number of aliphatic hydroxyl groups is 1. The average Bonchev–Trinajstić information content (AvgIpc) is 3.12. The average molecular weight is 729 g/mol. The van der Waals surface area contributed by atoms with Crippen LogP contribution in [0, 0.1) is 11.8 Å². The molecule has 0 aromatic heterocycles. The second-order valence-corrected chi connectivity index (χ2v) is 15.2. The lowest BCUT2D eigenvalue weighted by atomic mass is 9.88. The minimum Gasteiger partial charge on any atom is -0.445 e. The summed E-state index contributed by atoms with van der Waals surface area (Å²) < 4.78 is 10.9. The third-order valence-corrected chi connectivity index (χ3v) is 9.26. The van der Waals surface area contributed by atoms with Crippen LogP contribution >= 0.6 is 0 Å². The van der Waals surface area contributed by atoms with Crippen LogP contribution < -0.4 is 16.0 Å². The molecule has 11 nitrogen and oxygen atoms in total. The molecule has 11 heteroatoms. The van der Waals surface area contributed by atoms with E-state index < -0.39 is 41.9 Å². The molecule has 0 saturated carbocycles. The van der Waals surface area contributed by atoms with Crippen molar-refractivity contribution in [2.75, 3.05) is 13.1 Å². The number of benzene rings is 3. The first-order valence-corrected chi connectivity index (χ1v) is 18.6. The summed E-state index contributed by atoms with van der Waals surface area (Å²) in [7, 11) is 0. The lowest BCUT2D eigenvalue weighted by Crippen LogP contribution is -2.56. The molecule has 1 heterocycles. The number of nitrogens with zero attached hydrogens (tertiary/aromatic N) is 1. The van der Waals surface area contributed by atoms with Gasteiger partial charge in [0, 0.05) is 25.0 Å². The van der Waals surface area contributed by atoms with Gasteiger partial charge in [-0.05, 0) is 75.5 Å². The number of ether oxygens (including phenoxy) is 2. The number of hydrogen-bond donors (Lipinski definition) is 4. The van der Waals surface area contributed by atoms with Gasteiger partial charge in [0.05, 0.1) is 12.1 Å². The summed E-state index contributed by atoms with van der Waals surface area (Å²) in [6.07, 6.45) is -0.470. The zero-order chi connectivity index (χ0) is 38.4. The van der Waals surface area contributed by atoms with Crippen LogP contribution in [-0.2, 0) is 38.5 Å². The summed E-state index contributed by atoms with van der Waals surface area (Å²) in [5.74, 6) is -1.46. The number of carbonyl (C=O) groups is 4. The highest BCUT2D eigenvalue weighted by Gasteiger charge is 2.35. The molecule has 1 fully saturated rings. The van der Waals surface area contributed by atoms with Gasteiger partial charge in [0.25, 0.3) is 0 Å². The van der Waals surface area contributed by atoms with E-state index in [4.69, 9.17) is 9.47 Å². The van der Waals surface area contributed by atoms with Crippen molar-refractivity contribution in [1.82, 2.24) is 20.9 Å². The van der Waals surface area contributed by atoms with Crippen molar-refractivity contribution in [2.45, 2.75) is 103 Å². The van der Waals surface area contributed by atoms with Gasteiger partial charge in [-0.15, -0.1) is 0 Å². The highest BCUT2D eigenvalue weighted by molar-refractivity contribution is 5.89. The standard InChI is InChI=1S/C42H56N4O7/c1-29(2)37(39(49)46-23-21-34(22-24-46)43-40(50)52-28-32-19-13-8-14-20-32)45-38(48)33(25-30-15-9-6-10-16-30)27-36(47)35(26-31-17-11-7-12-18-31)44-41(51)53-42(3,4)5/h6-20,29,33-37,47H,21-28H2,1-5H3,(H,43,50)(H,44,51)(H,45,48)/t33-,35+,36-,37-/m0/s1. The SMILES string of the molecule is CC(C)[C@H](NC(=O)[C@@H](Cc1ccccc1)C[C@H](O)[C@@H](Cc1ccccc1)NC(=O)OC(C)(C)C)C(=O)N1CCC(NC(=O)OCc2ccccc2)CC1. The van der Waals surface area contributed by atoms with E-state index in [1.165, 1.54) is 0 Å². The predicted octanol–water partition coefficient (Wildman–Crippen LogP) is 5.79. The van der Waals surface area contributed by atoms with Crippen LogP contribution in [-0.4, -0.2) is 76.9 Å². The van der Waals surface area contributed by atoms with Gasteiger partial charge < -0.3 is 35.4 Å². The molecule has 3 aromatic carbocycles. The third-order valence-electron chi connectivity index (χ3n) is 9.26. The molecule has 1 aliphatic rings. The van der Waals surface area contributed by atoms with E-state index in [1.54, 1.807) is 25.7 Å². The second-order valence-electron chi connectivity index (χ2n) is 15.2. The zero-order valence-corrected chi connectivity index (χ0v) is 31.6. The molecule has 4 rings (SSSR count). The van der Waals surface area contributed by atoms with E-state index in [9.17, 15) is 24.3 Å². The van der Waals surface area contributed by atoms with Crippen molar-refractivity contribution in [1.29, 1.82) is 0 Å². The molecule has 4 atom stereocenters. The van der Waals surface area contributed by atoms with E-state index in [0.29, 0.717) is 38.8 Å². The quantitative estimate of drug-likeness (QED) is 0.155. The molecule has 4 N–H and O–H groups in total. The van der Waals surface area contributed by atoms with Crippen molar-refractivity contribution in [3.05, 3.63) is 108 Å². The molecule has 0 unspecified atom stereocenters. The highest BCUT2D eigenvalue weighted by Crippen LogP contribution is 2.21. The number of nitrogens with one attached hydrogen (secondary N) is 3. The Bertz CT molecular complexity index is 1590. The van der Waals surface area contributed by atoms with Crippen LogP contribution in [0.2, 0.25) is 0 Å². The number of alkyl carbamates (subject to hydrolysis) is 2. The van der Waals surface area contributed by atoms with Crippen molar-refractivity contribution in [3.63, 3.8) is 0 Å². The summed E-state index contributed by atoms with van der Waals surface area (Å²) >= 11 is 0. The van der Waals surface area contributed by atoms with Gasteiger partial charge in [-0.2, -0.15) is 0 Å². The Balaban J connectivity index is 1.41. The Morgan fingerprint density at radius 2 is 1.30 bits per heavy atom. The topological polar surface area (TPSA) is 146 Å². The summed E-state index contributed by atoms with van der Waals surface area (Å²) in [5, 5.41) is 20.5. The van der Waals surface area contributed by atoms with E-state index >= 15 is 0 Å². The summed E-state index contributed by atoms with van der Waals surface area (Å²) in [6, 6.07) is 26.8. The fourth-order valence-corrected chi connectivity index (χ4v) is 6.40. The van der Waals surface area contributed by atoms with Gasteiger partial charge in [-0.1, -0.05) is 105 Å². The molecule has 3 aromatic rings. The normalized spacial score (nSPS) is 15.8. The summed E-state index contributed by atoms with van der Waals surface area (Å²) in [6.45, 7) is 10.1. The van der Waals surface area contributed by atoms with Crippen LogP contribution in [0.3, 0.4) is 0 Å². The van der Waals surface area contributed by atoms with E-state index in [0.717, 1.165) is 16.7 Å². The fraction of sp³-hybridized carbons (Fsp3) is 0.476. The molecular weight excluding hydrogens is 672 g/mol. The molecule has 53 heavy (non-hydrogen) atoms. The van der Waals surface area contributed by atoms with Crippen LogP contribution in [0.4, 0.5) is 9.59 Å². The monoisotopic (exact) mass is 728 g/mol. The number of likely N-dealkylation sites (tertiary alicyclic amines) is 1. The largest absolute Gasteiger partial charge is 0.445 e. The molecule has 1 saturated heterocycles. The molecule has 286 valence electrons. The van der Waals surface area contributed by atoms with E-state index in [2.05, 4.69) is 16.0 Å². The Morgan fingerprint density at radius 1 is 0.774 bits per heavy atom. The van der Waals surface area contributed by atoms with Gasteiger partial charge >= 0.3 is 12.2 Å². The fourth-order valence-electron chi connectivity index (χ4n) is 6.40. The minimum atomic E-state index is -1.11. The van der Waals surface area contributed by atoms with Crippen LogP contribution in [0.5, 0.6) is 0 Å². The van der Waals surface area contributed by atoms with Gasteiger partial charge in [0.1, 0.15) is 18.2 Å². The van der Waals surface area contributed by atoms with E-state index in [-0.39, 0.29) is 36.8 Å².